The van der Waals surface area contributed by atoms with Crippen molar-refractivity contribution in [3.63, 3.8) is 0 Å². The predicted octanol–water partition coefficient (Wildman–Crippen LogP) is 5.60. The van der Waals surface area contributed by atoms with Crippen molar-refractivity contribution in [2.24, 2.45) is 5.41 Å². The lowest BCUT2D eigenvalue weighted by molar-refractivity contribution is -0.123. The lowest BCUT2D eigenvalue weighted by Crippen LogP contribution is -2.27. The van der Waals surface area contributed by atoms with Gasteiger partial charge < -0.3 is 5.32 Å². The number of hydrogen-bond acceptors (Lipinski definition) is 6. The van der Waals surface area contributed by atoms with E-state index < -0.39 is 5.41 Å². The molecule has 0 saturated carbocycles. The van der Waals surface area contributed by atoms with E-state index in [0.29, 0.717) is 22.2 Å². The number of carbonyl (C=O) groups excluding carboxylic acids is 2. The van der Waals surface area contributed by atoms with Crippen molar-refractivity contribution in [2.75, 3.05) is 11.1 Å². The van der Waals surface area contributed by atoms with E-state index in [1.807, 2.05) is 68.7 Å². The highest BCUT2D eigenvalue weighted by molar-refractivity contribution is 7.99. The molecule has 7 nitrogen and oxygen atoms in total. The smallest absolute Gasteiger partial charge is 0.229 e. The number of anilines is 1. The van der Waals surface area contributed by atoms with Crippen LogP contribution in [0, 0.1) is 12.3 Å². The number of hydrogen-bond donors (Lipinski definition) is 1. The van der Waals surface area contributed by atoms with Crippen molar-refractivity contribution in [1.29, 1.82) is 0 Å². The summed E-state index contributed by atoms with van der Waals surface area (Å²) >= 11 is 1.34. The molecule has 178 valence electrons. The Bertz CT molecular complexity index is 1340. The van der Waals surface area contributed by atoms with Crippen molar-refractivity contribution in [2.45, 2.75) is 32.9 Å². The van der Waals surface area contributed by atoms with E-state index in [2.05, 4.69) is 20.5 Å². The molecule has 4 rings (SSSR count). The summed E-state index contributed by atoms with van der Waals surface area (Å²) in [5.41, 5.74) is 3.60. The summed E-state index contributed by atoms with van der Waals surface area (Å²) in [4.78, 5) is 29.3. The third kappa shape index (κ3) is 5.66. The number of nitrogens with one attached hydrogen (secondary N) is 1. The van der Waals surface area contributed by atoms with Crippen LogP contribution in [-0.2, 0) is 4.79 Å². The highest BCUT2D eigenvalue weighted by Gasteiger charge is 2.22. The van der Waals surface area contributed by atoms with Crippen LogP contribution in [0.1, 0.15) is 36.7 Å². The van der Waals surface area contributed by atoms with Crippen LogP contribution < -0.4 is 5.32 Å². The zero-order valence-corrected chi connectivity index (χ0v) is 21.0. The first-order valence-corrected chi connectivity index (χ1v) is 12.2. The predicted molar refractivity (Wildman–Crippen MR) is 139 cm³/mol. The van der Waals surface area contributed by atoms with Crippen LogP contribution in [-0.4, -0.2) is 37.2 Å². The number of nitrogens with zero attached hydrogens (tertiary/aromatic N) is 4. The molecule has 0 unspecified atom stereocenters. The molecule has 1 amide bonds. The minimum Gasteiger partial charge on any atom is -0.326 e. The molecule has 0 aliphatic rings. The van der Waals surface area contributed by atoms with Crippen LogP contribution in [0.4, 0.5) is 5.69 Å². The number of para-hydroxylation sites is 1. The lowest BCUT2D eigenvalue weighted by Gasteiger charge is -2.17. The summed E-state index contributed by atoms with van der Waals surface area (Å²) in [5, 5.41) is 12.3. The number of thioether (sulfide) groups is 1. The molecule has 0 bridgehead atoms. The molecule has 0 atom stereocenters. The SMILES string of the molecule is Cc1ccccc1-n1c(SCC(=O)c2ccc(NC(=O)C(C)(C)C)cc2)nnc1-c1cccnc1. The zero-order valence-electron chi connectivity index (χ0n) is 20.1. The average Bonchev–Trinajstić information content (AvgIpc) is 3.27. The standard InChI is InChI=1S/C27H27N5O2S/c1-18-8-5-6-10-22(18)32-24(20-9-7-15-28-16-20)30-31-26(32)35-17-23(33)19-11-13-21(14-12-19)29-25(34)27(2,3)4/h5-16H,17H2,1-4H3,(H,29,34). The maximum absolute atomic E-state index is 12.9. The van der Waals surface area contributed by atoms with Gasteiger partial charge in [-0.1, -0.05) is 50.7 Å². The van der Waals surface area contributed by atoms with Gasteiger partial charge in [-0.25, -0.2) is 0 Å². The number of Topliss-reactive ketones (excluding diaryl/α,β-unsaturated/α-hetero) is 1. The third-order valence-electron chi connectivity index (χ3n) is 5.39. The van der Waals surface area contributed by atoms with Crippen molar-refractivity contribution < 1.29 is 9.59 Å². The number of rotatable bonds is 7. The quantitative estimate of drug-likeness (QED) is 0.271. The Morgan fingerprint density at radius 2 is 1.71 bits per heavy atom. The van der Waals surface area contributed by atoms with Gasteiger partial charge in [-0.2, -0.15) is 0 Å². The number of amides is 1. The van der Waals surface area contributed by atoms with Gasteiger partial charge in [0.05, 0.1) is 11.4 Å². The Morgan fingerprint density at radius 3 is 2.37 bits per heavy atom. The molecule has 2 aromatic heterocycles. The molecule has 4 aromatic rings. The van der Waals surface area contributed by atoms with E-state index in [1.165, 1.54) is 11.8 Å². The first kappa shape index (κ1) is 24.3. The Hall–Kier alpha value is -3.78. The molecule has 0 spiro atoms. The highest BCUT2D eigenvalue weighted by Crippen LogP contribution is 2.29. The van der Waals surface area contributed by atoms with Crippen LogP contribution >= 0.6 is 11.8 Å². The van der Waals surface area contributed by atoms with Gasteiger partial charge in [0.2, 0.25) is 5.91 Å². The Morgan fingerprint density at radius 1 is 0.971 bits per heavy atom. The van der Waals surface area contributed by atoms with E-state index in [-0.39, 0.29) is 17.4 Å². The molecule has 35 heavy (non-hydrogen) atoms. The number of ketones is 1. The number of carbonyl (C=O) groups is 2. The number of aromatic nitrogens is 4. The van der Waals surface area contributed by atoms with E-state index in [4.69, 9.17) is 0 Å². The monoisotopic (exact) mass is 485 g/mol. The maximum atomic E-state index is 12.9. The maximum Gasteiger partial charge on any atom is 0.229 e. The second kappa shape index (κ2) is 10.2. The lowest BCUT2D eigenvalue weighted by atomic mass is 9.95. The van der Waals surface area contributed by atoms with Crippen molar-refractivity contribution in [3.8, 4) is 17.1 Å². The fourth-order valence-electron chi connectivity index (χ4n) is 3.35. The molecular formula is C27H27N5O2S. The molecule has 0 saturated heterocycles. The van der Waals surface area contributed by atoms with E-state index >= 15 is 0 Å². The minimum atomic E-state index is -0.493. The van der Waals surface area contributed by atoms with Crippen molar-refractivity contribution in [3.05, 3.63) is 84.2 Å². The molecule has 8 heteroatoms. The second-order valence-corrected chi connectivity index (χ2v) is 10.1. The Kier molecular flexibility index (Phi) is 7.12. The van der Waals surface area contributed by atoms with Gasteiger partial charge in [-0.15, -0.1) is 10.2 Å². The van der Waals surface area contributed by atoms with E-state index in [1.54, 1.807) is 36.7 Å². The fraction of sp³-hybridized carbons (Fsp3) is 0.222. The molecule has 2 aromatic carbocycles. The van der Waals surface area contributed by atoms with Gasteiger partial charge in [0, 0.05) is 34.6 Å². The van der Waals surface area contributed by atoms with Crippen LogP contribution in [0.3, 0.4) is 0 Å². The van der Waals surface area contributed by atoms with Crippen LogP contribution in [0.5, 0.6) is 0 Å². The van der Waals surface area contributed by atoms with Gasteiger partial charge >= 0.3 is 0 Å². The van der Waals surface area contributed by atoms with Crippen LogP contribution in [0.25, 0.3) is 17.1 Å². The summed E-state index contributed by atoms with van der Waals surface area (Å²) < 4.78 is 1.97. The summed E-state index contributed by atoms with van der Waals surface area (Å²) in [6, 6.07) is 18.7. The molecule has 0 aliphatic heterocycles. The third-order valence-corrected chi connectivity index (χ3v) is 6.32. The van der Waals surface area contributed by atoms with Gasteiger partial charge in [-0.3, -0.25) is 19.1 Å². The fourth-order valence-corrected chi connectivity index (χ4v) is 4.19. The molecule has 0 aliphatic carbocycles. The van der Waals surface area contributed by atoms with Gasteiger partial charge in [0.15, 0.2) is 16.8 Å². The second-order valence-electron chi connectivity index (χ2n) is 9.16. The summed E-state index contributed by atoms with van der Waals surface area (Å²) in [5.74, 6) is 0.754. The van der Waals surface area contributed by atoms with Crippen LogP contribution in [0.15, 0.2) is 78.2 Å². The highest BCUT2D eigenvalue weighted by atomic mass is 32.2. The zero-order chi connectivity index (χ0) is 25.0. The molecule has 1 N–H and O–H groups in total. The topological polar surface area (TPSA) is 89.8 Å². The summed E-state index contributed by atoms with van der Waals surface area (Å²) in [6.45, 7) is 7.59. The number of pyridine rings is 1. The minimum absolute atomic E-state index is 0.0361. The van der Waals surface area contributed by atoms with Gasteiger partial charge in [-0.05, 0) is 55.0 Å². The summed E-state index contributed by atoms with van der Waals surface area (Å²) in [7, 11) is 0. The Labute approximate surface area is 209 Å². The van der Waals surface area contributed by atoms with Gasteiger partial charge in [0.25, 0.3) is 0 Å². The molecular weight excluding hydrogens is 458 g/mol. The first-order valence-electron chi connectivity index (χ1n) is 11.2. The molecule has 2 heterocycles. The summed E-state index contributed by atoms with van der Waals surface area (Å²) in [6.07, 6.45) is 3.46. The molecule has 0 radical (unpaired) electrons. The van der Waals surface area contributed by atoms with E-state index in [9.17, 15) is 9.59 Å². The van der Waals surface area contributed by atoms with Crippen LogP contribution in [0.2, 0.25) is 0 Å². The van der Waals surface area contributed by atoms with Crippen molar-refractivity contribution in [1.82, 2.24) is 19.7 Å². The number of aryl methyl sites for hydroxylation is 1. The first-order chi connectivity index (χ1) is 16.7. The number of benzene rings is 2. The average molecular weight is 486 g/mol. The van der Waals surface area contributed by atoms with E-state index in [0.717, 1.165) is 16.8 Å². The normalized spacial score (nSPS) is 11.3. The Balaban J connectivity index is 1.54. The largest absolute Gasteiger partial charge is 0.326 e. The van der Waals surface area contributed by atoms with Crippen molar-refractivity contribution >= 4 is 29.1 Å². The molecule has 0 fully saturated rings. The van der Waals surface area contributed by atoms with Gasteiger partial charge in [0.1, 0.15) is 0 Å².